The maximum atomic E-state index is 12.0. The molecule has 6 heteroatoms. The van der Waals surface area contributed by atoms with Crippen molar-refractivity contribution >= 4 is 5.91 Å². The summed E-state index contributed by atoms with van der Waals surface area (Å²) in [6.07, 6.45) is 3.75. The molecular formula is C17H20N2O4. The first-order valence-corrected chi connectivity index (χ1v) is 7.16. The molecule has 0 atom stereocenters. The van der Waals surface area contributed by atoms with Crippen molar-refractivity contribution < 1.29 is 19.0 Å². The second-order valence-electron chi connectivity index (χ2n) is 4.77. The van der Waals surface area contributed by atoms with Crippen molar-refractivity contribution in [3.05, 3.63) is 47.8 Å². The fraction of sp³-hybridized carbons (Fsp3) is 0.294. The Morgan fingerprint density at radius 2 is 2.00 bits per heavy atom. The summed E-state index contributed by atoms with van der Waals surface area (Å²) >= 11 is 0. The molecule has 2 rings (SSSR count). The number of amides is 1. The van der Waals surface area contributed by atoms with E-state index in [1.807, 2.05) is 6.07 Å². The Balaban J connectivity index is 2.06. The molecule has 0 radical (unpaired) electrons. The summed E-state index contributed by atoms with van der Waals surface area (Å²) in [6.45, 7) is 0.459. The van der Waals surface area contributed by atoms with E-state index in [4.69, 9.17) is 14.2 Å². The molecule has 0 saturated heterocycles. The second-order valence-corrected chi connectivity index (χ2v) is 4.77. The van der Waals surface area contributed by atoms with Crippen LogP contribution in [0.15, 0.2) is 36.7 Å². The largest absolute Gasteiger partial charge is 0.497 e. The Kier molecular flexibility index (Phi) is 5.80. The van der Waals surface area contributed by atoms with Gasteiger partial charge >= 0.3 is 0 Å². The first-order valence-electron chi connectivity index (χ1n) is 7.16. The molecule has 0 spiro atoms. The lowest BCUT2D eigenvalue weighted by molar-refractivity contribution is 0.0953. The van der Waals surface area contributed by atoms with Gasteiger partial charge in [-0.2, -0.15) is 0 Å². The molecule has 0 aliphatic heterocycles. The molecule has 23 heavy (non-hydrogen) atoms. The quantitative estimate of drug-likeness (QED) is 0.847. The third-order valence-corrected chi connectivity index (χ3v) is 3.37. The van der Waals surface area contributed by atoms with E-state index in [1.165, 1.54) is 6.20 Å². The predicted molar refractivity (Wildman–Crippen MR) is 86.4 cm³/mol. The number of benzene rings is 1. The molecule has 0 fully saturated rings. The van der Waals surface area contributed by atoms with Crippen molar-refractivity contribution in [2.45, 2.75) is 6.42 Å². The van der Waals surface area contributed by atoms with Crippen LogP contribution in [0.2, 0.25) is 0 Å². The lowest BCUT2D eigenvalue weighted by atomic mass is 10.1. The normalized spacial score (nSPS) is 10.0. The maximum Gasteiger partial charge on any atom is 0.252 e. The number of carbonyl (C=O) groups excluding carboxylic acids is 1. The summed E-state index contributed by atoms with van der Waals surface area (Å²) in [5, 5.41) is 2.86. The molecule has 0 bridgehead atoms. The summed E-state index contributed by atoms with van der Waals surface area (Å²) in [5.74, 6) is 1.76. The van der Waals surface area contributed by atoms with Gasteiger partial charge in [-0.05, 0) is 24.6 Å². The van der Waals surface area contributed by atoms with Gasteiger partial charge in [0.1, 0.15) is 5.75 Å². The number of nitrogens with one attached hydrogen (secondary N) is 1. The smallest absolute Gasteiger partial charge is 0.252 e. The molecule has 0 aliphatic rings. The van der Waals surface area contributed by atoms with Crippen LogP contribution in [0.4, 0.5) is 0 Å². The van der Waals surface area contributed by atoms with Gasteiger partial charge in [-0.3, -0.25) is 9.78 Å². The Morgan fingerprint density at radius 1 is 1.17 bits per heavy atom. The molecule has 2 aromatic rings. The number of aromatic nitrogens is 1. The van der Waals surface area contributed by atoms with Gasteiger partial charge in [0.15, 0.2) is 11.5 Å². The Morgan fingerprint density at radius 3 is 2.61 bits per heavy atom. The van der Waals surface area contributed by atoms with E-state index >= 15 is 0 Å². The molecular weight excluding hydrogens is 296 g/mol. The van der Waals surface area contributed by atoms with E-state index < -0.39 is 0 Å². The Hall–Kier alpha value is -2.76. The SMILES string of the molecule is COc1cc(CCNC(=O)c2cccnc2)c(OC)c(OC)c1. The zero-order valence-corrected chi connectivity index (χ0v) is 13.5. The number of hydrogen-bond donors (Lipinski definition) is 1. The molecule has 1 aromatic heterocycles. The van der Waals surface area contributed by atoms with Gasteiger partial charge in [-0.25, -0.2) is 0 Å². The fourth-order valence-electron chi connectivity index (χ4n) is 2.23. The summed E-state index contributed by atoms with van der Waals surface area (Å²) in [6, 6.07) is 7.08. The van der Waals surface area contributed by atoms with Crippen molar-refractivity contribution in [3.8, 4) is 17.2 Å². The first kappa shape index (κ1) is 16.6. The zero-order valence-electron chi connectivity index (χ0n) is 13.5. The topological polar surface area (TPSA) is 69.7 Å². The standard InChI is InChI=1S/C17H20N2O4/c1-21-14-9-12(16(23-3)15(10-14)22-2)6-8-19-17(20)13-5-4-7-18-11-13/h4-5,7,9-11H,6,8H2,1-3H3,(H,19,20). The third-order valence-electron chi connectivity index (χ3n) is 3.37. The van der Waals surface area contributed by atoms with E-state index in [0.29, 0.717) is 35.8 Å². The van der Waals surface area contributed by atoms with Crippen LogP contribution >= 0.6 is 0 Å². The van der Waals surface area contributed by atoms with Crippen molar-refractivity contribution in [2.75, 3.05) is 27.9 Å². The number of rotatable bonds is 7. The predicted octanol–water partition coefficient (Wildman–Crippen LogP) is 2.08. The van der Waals surface area contributed by atoms with E-state index in [1.54, 1.807) is 45.7 Å². The van der Waals surface area contributed by atoms with Crippen molar-refractivity contribution in [2.24, 2.45) is 0 Å². The third kappa shape index (κ3) is 4.12. The van der Waals surface area contributed by atoms with Gasteiger partial charge in [0.25, 0.3) is 5.91 Å². The summed E-state index contributed by atoms with van der Waals surface area (Å²) in [7, 11) is 4.75. The van der Waals surface area contributed by atoms with Crippen LogP contribution in [0.1, 0.15) is 15.9 Å². The highest BCUT2D eigenvalue weighted by atomic mass is 16.5. The van der Waals surface area contributed by atoms with Gasteiger partial charge in [-0.15, -0.1) is 0 Å². The van der Waals surface area contributed by atoms with E-state index in [-0.39, 0.29) is 5.91 Å². The van der Waals surface area contributed by atoms with Crippen LogP contribution in [-0.4, -0.2) is 38.8 Å². The van der Waals surface area contributed by atoms with Gasteiger partial charge in [0.05, 0.1) is 26.9 Å². The summed E-state index contributed by atoms with van der Waals surface area (Å²) in [4.78, 5) is 15.9. The van der Waals surface area contributed by atoms with Crippen LogP contribution in [0, 0.1) is 0 Å². The molecule has 1 aromatic carbocycles. The van der Waals surface area contributed by atoms with Crippen molar-refractivity contribution in [1.29, 1.82) is 0 Å². The highest BCUT2D eigenvalue weighted by Crippen LogP contribution is 2.35. The minimum Gasteiger partial charge on any atom is -0.497 e. The van der Waals surface area contributed by atoms with Gasteiger partial charge in [0.2, 0.25) is 0 Å². The Bertz CT molecular complexity index is 659. The van der Waals surface area contributed by atoms with Gasteiger partial charge in [-0.1, -0.05) is 0 Å². The summed E-state index contributed by atoms with van der Waals surface area (Å²) in [5.41, 5.74) is 1.43. The lowest BCUT2D eigenvalue weighted by Crippen LogP contribution is -2.25. The number of carbonyl (C=O) groups is 1. The zero-order chi connectivity index (χ0) is 16.7. The molecule has 0 unspecified atom stereocenters. The van der Waals surface area contributed by atoms with Gasteiger partial charge < -0.3 is 19.5 Å². The number of nitrogens with zero attached hydrogens (tertiary/aromatic N) is 1. The average molecular weight is 316 g/mol. The van der Waals surface area contributed by atoms with Crippen molar-refractivity contribution in [1.82, 2.24) is 10.3 Å². The fourth-order valence-corrected chi connectivity index (χ4v) is 2.23. The average Bonchev–Trinajstić information content (AvgIpc) is 2.61. The van der Waals surface area contributed by atoms with Crippen LogP contribution in [-0.2, 0) is 6.42 Å². The first-order chi connectivity index (χ1) is 11.2. The number of pyridine rings is 1. The number of hydrogen-bond acceptors (Lipinski definition) is 5. The highest BCUT2D eigenvalue weighted by molar-refractivity contribution is 5.93. The minimum atomic E-state index is -0.160. The van der Waals surface area contributed by atoms with Crippen LogP contribution in [0.25, 0.3) is 0 Å². The molecule has 122 valence electrons. The van der Waals surface area contributed by atoms with Crippen LogP contribution in [0.5, 0.6) is 17.2 Å². The molecule has 0 saturated carbocycles. The maximum absolute atomic E-state index is 12.0. The van der Waals surface area contributed by atoms with Crippen LogP contribution < -0.4 is 19.5 Å². The monoisotopic (exact) mass is 316 g/mol. The molecule has 0 aliphatic carbocycles. The van der Waals surface area contributed by atoms with E-state index in [9.17, 15) is 4.79 Å². The lowest BCUT2D eigenvalue weighted by Gasteiger charge is -2.15. The molecule has 1 heterocycles. The highest BCUT2D eigenvalue weighted by Gasteiger charge is 2.13. The molecule has 6 nitrogen and oxygen atoms in total. The van der Waals surface area contributed by atoms with Gasteiger partial charge in [0, 0.05) is 30.6 Å². The minimum absolute atomic E-state index is 0.160. The van der Waals surface area contributed by atoms with E-state index in [2.05, 4.69) is 10.3 Å². The number of ether oxygens (including phenoxy) is 3. The molecule has 1 N–H and O–H groups in total. The van der Waals surface area contributed by atoms with Crippen LogP contribution in [0.3, 0.4) is 0 Å². The Labute approximate surface area is 135 Å². The molecule has 1 amide bonds. The van der Waals surface area contributed by atoms with Crippen molar-refractivity contribution in [3.63, 3.8) is 0 Å². The number of methoxy groups -OCH3 is 3. The van der Waals surface area contributed by atoms with E-state index in [0.717, 1.165) is 5.56 Å². The second kappa shape index (κ2) is 8.03. The summed E-state index contributed by atoms with van der Waals surface area (Å²) < 4.78 is 16.0.